The van der Waals surface area contributed by atoms with Gasteiger partial charge in [0.2, 0.25) is 0 Å². The van der Waals surface area contributed by atoms with Crippen LogP contribution in [0.15, 0.2) is 16.7 Å². The van der Waals surface area contributed by atoms with E-state index >= 15 is 0 Å². The van der Waals surface area contributed by atoms with Crippen molar-refractivity contribution in [3.8, 4) is 0 Å². The summed E-state index contributed by atoms with van der Waals surface area (Å²) in [6.45, 7) is 1.63. The van der Waals surface area contributed by atoms with Gasteiger partial charge in [-0.2, -0.15) is 0 Å². The van der Waals surface area contributed by atoms with E-state index in [4.69, 9.17) is 10.8 Å². The monoisotopic (exact) mass is 335 g/mol. The number of aromatic nitrogens is 3. The summed E-state index contributed by atoms with van der Waals surface area (Å²) in [7, 11) is 1.92. The first kappa shape index (κ1) is 13.2. The predicted octanol–water partition coefficient (Wildman–Crippen LogP) is 0.536. The molecule has 0 atom stereocenters. The number of pyridine rings is 1. The van der Waals surface area contributed by atoms with Crippen molar-refractivity contribution in [2.24, 2.45) is 0 Å². The Kier molecular flexibility index (Phi) is 3.27. The Hall–Kier alpha value is -1.80. The Labute approximate surface area is 123 Å². The van der Waals surface area contributed by atoms with Crippen LogP contribution in [-0.4, -0.2) is 47.1 Å². The smallest absolute Gasteiger partial charge is 0.178 e. The van der Waals surface area contributed by atoms with Crippen molar-refractivity contribution in [2.75, 3.05) is 25.0 Å². The molecule has 0 unspecified atom stereocenters. The topological polar surface area (TPSA) is 93.7 Å². The summed E-state index contributed by atoms with van der Waals surface area (Å²) < 4.78 is 2.29. The first-order valence-electron chi connectivity index (χ1n) is 6.19. The van der Waals surface area contributed by atoms with Gasteiger partial charge in [0.15, 0.2) is 17.0 Å². The van der Waals surface area contributed by atoms with Crippen LogP contribution < -0.4 is 15.7 Å². The second-order valence-electron chi connectivity index (χ2n) is 4.67. The summed E-state index contributed by atoms with van der Waals surface area (Å²) in [6.07, 6.45) is 2.79. The van der Waals surface area contributed by atoms with Gasteiger partial charge in [-0.3, -0.25) is 15.4 Å². The van der Waals surface area contributed by atoms with E-state index in [2.05, 4.69) is 31.2 Å². The van der Waals surface area contributed by atoms with Gasteiger partial charge in [0, 0.05) is 29.8 Å². The highest BCUT2D eigenvalue weighted by Crippen LogP contribution is 2.19. The standard InChI is InChI=1S/C12H14BrN7/c1-16-8-4-19(5-8)12-10(15)20(6-14)9-2-7(13)3-17-11(9)18-12/h2-3,6,8,14-16H,4-5H2,1H3. The normalized spacial score (nSPS) is 15.4. The van der Waals surface area contributed by atoms with E-state index in [0.717, 1.165) is 23.9 Å². The maximum absolute atomic E-state index is 8.23. The lowest BCUT2D eigenvalue weighted by Crippen LogP contribution is -2.59. The van der Waals surface area contributed by atoms with Crippen LogP contribution >= 0.6 is 15.9 Å². The summed E-state index contributed by atoms with van der Waals surface area (Å²) in [5.41, 5.74) is 1.39. The largest absolute Gasteiger partial charge is 0.350 e. The van der Waals surface area contributed by atoms with E-state index in [1.54, 1.807) is 6.20 Å². The van der Waals surface area contributed by atoms with Gasteiger partial charge in [-0.1, -0.05) is 0 Å². The lowest BCUT2D eigenvalue weighted by molar-refractivity contribution is 0.445. The van der Waals surface area contributed by atoms with Crippen molar-refractivity contribution in [1.29, 1.82) is 10.8 Å². The van der Waals surface area contributed by atoms with E-state index in [1.165, 1.54) is 4.57 Å². The van der Waals surface area contributed by atoms with E-state index in [0.29, 0.717) is 23.0 Å². The second kappa shape index (κ2) is 4.95. The highest BCUT2D eigenvalue weighted by Gasteiger charge is 2.28. The number of hydrogen-bond donors (Lipinski definition) is 3. The Morgan fingerprint density at radius 2 is 2.25 bits per heavy atom. The number of fused-ring (bicyclic) bond motifs is 1. The summed E-state index contributed by atoms with van der Waals surface area (Å²) in [6, 6.07) is 2.24. The molecule has 7 nitrogen and oxygen atoms in total. The zero-order valence-corrected chi connectivity index (χ0v) is 12.5. The van der Waals surface area contributed by atoms with Gasteiger partial charge in [0.05, 0.1) is 11.9 Å². The van der Waals surface area contributed by atoms with E-state index in [-0.39, 0.29) is 5.49 Å². The van der Waals surface area contributed by atoms with Gasteiger partial charge in [0.1, 0.15) is 0 Å². The fraction of sp³-hybridized carbons (Fsp3) is 0.333. The van der Waals surface area contributed by atoms with Crippen molar-refractivity contribution in [3.63, 3.8) is 0 Å². The fourth-order valence-electron chi connectivity index (χ4n) is 2.25. The molecule has 3 N–H and O–H groups in total. The average molecular weight is 336 g/mol. The van der Waals surface area contributed by atoms with Crippen LogP contribution in [0.25, 0.3) is 11.2 Å². The molecule has 1 fully saturated rings. The van der Waals surface area contributed by atoms with Crippen LogP contribution in [0.5, 0.6) is 0 Å². The molecule has 0 aromatic carbocycles. The highest BCUT2D eigenvalue weighted by atomic mass is 79.9. The van der Waals surface area contributed by atoms with Crippen LogP contribution in [0.4, 0.5) is 5.82 Å². The predicted molar refractivity (Wildman–Crippen MR) is 80.3 cm³/mol. The zero-order valence-electron chi connectivity index (χ0n) is 10.9. The fourth-order valence-corrected chi connectivity index (χ4v) is 2.57. The van der Waals surface area contributed by atoms with Crippen molar-refractivity contribution < 1.29 is 0 Å². The third-order valence-corrected chi connectivity index (χ3v) is 3.89. The minimum Gasteiger partial charge on any atom is -0.350 e. The van der Waals surface area contributed by atoms with E-state index in [9.17, 15) is 0 Å². The van der Waals surface area contributed by atoms with E-state index in [1.807, 2.05) is 18.0 Å². The van der Waals surface area contributed by atoms with E-state index < -0.39 is 0 Å². The van der Waals surface area contributed by atoms with Gasteiger partial charge in [0.25, 0.3) is 0 Å². The minimum absolute atomic E-state index is 0.210. The number of nitrogens with one attached hydrogen (secondary N) is 3. The first-order valence-corrected chi connectivity index (χ1v) is 6.98. The third kappa shape index (κ3) is 2.01. The molecule has 1 aliphatic rings. The van der Waals surface area contributed by atoms with Gasteiger partial charge >= 0.3 is 0 Å². The summed E-state index contributed by atoms with van der Waals surface area (Å²) in [4.78, 5) is 10.8. The SMILES string of the molecule is CNC1CN(c2nc3ncc(Br)cc3n(C=N)c2=N)C1. The Balaban J connectivity index is 2.15. The Morgan fingerprint density at radius 1 is 1.50 bits per heavy atom. The number of rotatable bonds is 3. The van der Waals surface area contributed by atoms with Crippen LogP contribution in [0, 0.1) is 10.8 Å². The number of nitrogens with zero attached hydrogens (tertiary/aromatic N) is 4. The molecule has 20 heavy (non-hydrogen) atoms. The molecule has 104 valence electrons. The Morgan fingerprint density at radius 3 is 2.90 bits per heavy atom. The zero-order chi connectivity index (χ0) is 14.3. The minimum atomic E-state index is 0.210. The molecule has 1 saturated heterocycles. The quantitative estimate of drug-likeness (QED) is 0.563. The van der Waals surface area contributed by atoms with Crippen LogP contribution in [0.1, 0.15) is 0 Å². The number of halogens is 1. The summed E-state index contributed by atoms with van der Waals surface area (Å²) in [5.74, 6) is 0.572. The summed E-state index contributed by atoms with van der Waals surface area (Å²) >= 11 is 3.35. The lowest BCUT2D eigenvalue weighted by atomic mass is 10.1. The lowest BCUT2D eigenvalue weighted by Gasteiger charge is -2.39. The molecule has 0 bridgehead atoms. The molecule has 0 radical (unpaired) electrons. The number of likely N-dealkylation sites (N-methyl/N-ethyl adjacent to an activating group) is 1. The van der Waals surface area contributed by atoms with Gasteiger partial charge < -0.3 is 10.2 Å². The molecule has 0 spiro atoms. The van der Waals surface area contributed by atoms with Gasteiger partial charge in [-0.05, 0) is 29.0 Å². The molecule has 8 heteroatoms. The van der Waals surface area contributed by atoms with Crippen LogP contribution in [0.3, 0.4) is 0 Å². The molecule has 3 rings (SSSR count). The number of hydrogen-bond acceptors (Lipinski definition) is 6. The average Bonchev–Trinajstić information content (AvgIpc) is 2.38. The highest BCUT2D eigenvalue weighted by molar-refractivity contribution is 9.10. The molecule has 0 aliphatic carbocycles. The maximum atomic E-state index is 8.23. The molecular weight excluding hydrogens is 322 g/mol. The molecule has 3 heterocycles. The molecule has 0 saturated carbocycles. The Bertz CT molecular complexity index is 732. The number of anilines is 1. The first-order chi connectivity index (χ1) is 9.63. The van der Waals surface area contributed by atoms with Crippen LogP contribution in [0.2, 0.25) is 0 Å². The van der Waals surface area contributed by atoms with Gasteiger partial charge in [-0.15, -0.1) is 0 Å². The van der Waals surface area contributed by atoms with Gasteiger partial charge in [-0.25, -0.2) is 9.97 Å². The molecular formula is C12H14BrN7. The van der Waals surface area contributed by atoms with Crippen molar-refractivity contribution in [3.05, 3.63) is 22.2 Å². The van der Waals surface area contributed by atoms with Crippen LogP contribution in [-0.2, 0) is 0 Å². The van der Waals surface area contributed by atoms with Crippen molar-refractivity contribution in [2.45, 2.75) is 6.04 Å². The maximum Gasteiger partial charge on any atom is 0.178 e. The second-order valence-corrected chi connectivity index (χ2v) is 5.59. The van der Waals surface area contributed by atoms with Crippen molar-refractivity contribution >= 4 is 39.3 Å². The third-order valence-electron chi connectivity index (χ3n) is 3.46. The molecule has 0 amide bonds. The van der Waals surface area contributed by atoms with Crippen molar-refractivity contribution in [1.82, 2.24) is 19.9 Å². The molecule has 2 aromatic heterocycles. The molecule has 2 aromatic rings. The summed E-state index contributed by atoms with van der Waals surface area (Å²) in [5, 5.41) is 19.0. The molecule has 1 aliphatic heterocycles.